The van der Waals surface area contributed by atoms with Crippen LogP contribution in [0.2, 0.25) is 0 Å². The highest BCUT2D eigenvalue weighted by Crippen LogP contribution is 2.30. The first-order chi connectivity index (χ1) is 10.5. The van der Waals surface area contributed by atoms with E-state index in [1.807, 2.05) is 12.1 Å². The van der Waals surface area contributed by atoms with E-state index >= 15 is 0 Å². The van der Waals surface area contributed by atoms with Crippen molar-refractivity contribution in [2.45, 2.75) is 39.2 Å². The Balaban J connectivity index is 1.85. The van der Waals surface area contributed by atoms with Crippen molar-refractivity contribution in [1.29, 1.82) is 0 Å². The lowest BCUT2D eigenvalue weighted by atomic mass is 9.86. The molecule has 0 spiro atoms. The van der Waals surface area contributed by atoms with Gasteiger partial charge in [0.15, 0.2) is 0 Å². The molecule has 2 aromatic rings. The van der Waals surface area contributed by atoms with Crippen molar-refractivity contribution >= 4 is 0 Å². The predicted molar refractivity (Wildman–Crippen MR) is 93.5 cm³/mol. The topological polar surface area (TPSA) is 21.3 Å². The Hall–Kier alpha value is -1.80. The van der Waals surface area contributed by atoms with E-state index in [2.05, 4.69) is 75.5 Å². The van der Waals surface area contributed by atoms with Crippen molar-refractivity contribution in [2.75, 3.05) is 13.2 Å². The standard InChI is InChI=1S/C20H27NO/c1-16(17-10-6-5-7-11-17)21-14-15-22-19-13-9-8-12-18(19)20(2,3)4/h5-13,16,21H,14-15H2,1-4H3. The van der Waals surface area contributed by atoms with Crippen LogP contribution in [0.5, 0.6) is 5.75 Å². The fourth-order valence-electron chi connectivity index (χ4n) is 2.51. The lowest BCUT2D eigenvalue weighted by molar-refractivity contribution is 0.300. The van der Waals surface area contributed by atoms with Crippen LogP contribution in [0.4, 0.5) is 0 Å². The zero-order chi connectivity index (χ0) is 16.0. The molecule has 0 aliphatic carbocycles. The fraction of sp³-hybridized carbons (Fsp3) is 0.400. The monoisotopic (exact) mass is 297 g/mol. The predicted octanol–water partition coefficient (Wildman–Crippen LogP) is 4.71. The first-order valence-electron chi connectivity index (χ1n) is 7.99. The first kappa shape index (κ1) is 16.6. The molecule has 1 unspecified atom stereocenters. The average Bonchev–Trinajstić information content (AvgIpc) is 2.51. The molecule has 0 radical (unpaired) electrons. The van der Waals surface area contributed by atoms with Gasteiger partial charge in [-0.25, -0.2) is 0 Å². The van der Waals surface area contributed by atoms with Gasteiger partial charge in [0.2, 0.25) is 0 Å². The van der Waals surface area contributed by atoms with Gasteiger partial charge in [-0.05, 0) is 29.5 Å². The third-order valence-corrected chi connectivity index (χ3v) is 3.80. The maximum Gasteiger partial charge on any atom is 0.123 e. The Labute approximate surface area is 134 Å². The molecule has 1 N–H and O–H groups in total. The molecule has 2 heteroatoms. The van der Waals surface area contributed by atoms with Crippen LogP contribution in [0.25, 0.3) is 0 Å². The van der Waals surface area contributed by atoms with E-state index in [9.17, 15) is 0 Å². The molecule has 2 nitrogen and oxygen atoms in total. The maximum absolute atomic E-state index is 5.99. The quantitative estimate of drug-likeness (QED) is 0.779. The molecule has 2 rings (SSSR count). The van der Waals surface area contributed by atoms with Gasteiger partial charge in [0.05, 0.1) is 0 Å². The number of nitrogens with one attached hydrogen (secondary N) is 1. The van der Waals surface area contributed by atoms with Crippen LogP contribution in [-0.4, -0.2) is 13.2 Å². The van der Waals surface area contributed by atoms with Gasteiger partial charge in [0.1, 0.15) is 12.4 Å². The summed E-state index contributed by atoms with van der Waals surface area (Å²) in [4.78, 5) is 0. The van der Waals surface area contributed by atoms with Crippen LogP contribution in [0.3, 0.4) is 0 Å². The van der Waals surface area contributed by atoms with Gasteiger partial charge in [-0.2, -0.15) is 0 Å². The normalized spacial score (nSPS) is 12.9. The molecule has 0 aromatic heterocycles. The molecule has 0 fully saturated rings. The summed E-state index contributed by atoms with van der Waals surface area (Å²) in [6.07, 6.45) is 0. The lowest BCUT2D eigenvalue weighted by Gasteiger charge is -2.23. The number of ether oxygens (including phenoxy) is 1. The highest BCUT2D eigenvalue weighted by molar-refractivity contribution is 5.38. The summed E-state index contributed by atoms with van der Waals surface area (Å²) in [7, 11) is 0. The Bertz CT molecular complexity index is 572. The molecule has 1 atom stereocenters. The number of para-hydroxylation sites is 1. The second-order valence-corrected chi connectivity index (χ2v) is 6.68. The Kier molecular flexibility index (Phi) is 5.62. The molecule has 0 aliphatic rings. The lowest BCUT2D eigenvalue weighted by Crippen LogP contribution is -2.25. The van der Waals surface area contributed by atoms with Gasteiger partial charge < -0.3 is 10.1 Å². The smallest absolute Gasteiger partial charge is 0.123 e. The minimum Gasteiger partial charge on any atom is -0.492 e. The summed E-state index contributed by atoms with van der Waals surface area (Å²) in [6, 6.07) is 19.1. The van der Waals surface area contributed by atoms with Gasteiger partial charge in [-0.3, -0.25) is 0 Å². The van der Waals surface area contributed by atoms with E-state index in [0.717, 1.165) is 12.3 Å². The summed E-state index contributed by atoms with van der Waals surface area (Å²) >= 11 is 0. The molecule has 118 valence electrons. The van der Waals surface area contributed by atoms with Crippen LogP contribution in [-0.2, 0) is 5.41 Å². The Morgan fingerprint density at radius 3 is 2.27 bits per heavy atom. The van der Waals surface area contributed by atoms with Crippen molar-refractivity contribution in [1.82, 2.24) is 5.32 Å². The van der Waals surface area contributed by atoms with E-state index in [4.69, 9.17) is 4.74 Å². The molecule has 0 amide bonds. The average molecular weight is 297 g/mol. The van der Waals surface area contributed by atoms with E-state index in [0.29, 0.717) is 12.6 Å². The third-order valence-electron chi connectivity index (χ3n) is 3.80. The van der Waals surface area contributed by atoms with E-state index < -0.39 is 0 Å². The van der Waals surface area contributed by atoms with Gasteiger partial charge in [-0.15, -0.1) is 0 Å². The highest BCUT2D eigenvalue weighted by Gasteiger charge is 2.18. The molecule has 0 saturated carbocycles. The number of benzene rings is 2. The molecule has 0 saturated heterocycles. The molecule has 0 bridgehead atoms. The molecule has 2 aromatic carbocycles. The van der Waals surface area contributed by atoms with Gasteiger partial charge >= 0.3 is 0 Å². The van der Waals surface area contributed by atoms with Gasteiger partial charge in [0, 0.05) is 12.6 Å². The van der Waals surface area contributed by atoms with Gasteiger partial charge in [0.25, 0.3) is 0 Å². The van der Waals surface area contributed by atoms with Crippen LogP contribution in [0, 0.1) is 0 Å². The third kappa shape index (κ3) is 4.60. The van der Waals surface area contributed by atoms with Crippen molar-refractivity contribution in [2.24, 2.45) is 0 Å². The van der Waals surface area contributed by atoms with Crippen molar-refractivity contribution in [3.63, 3.8) is 0 Å². The molecule has 22 heavy (non-hydrogen) atoms. The number of rotatable bonds is 6. The maximum atomic E-state index is 5.99. The zero-order valence-corrected chi connectivity index (χ0v) is 14.1. The van der Waals surface area contributed by atoms with Crippen LogP contribution < -0.4 is 10.1 Å². The fourth-order valence-corrected chi connectivity index (χ4v) is 2.51. The summed E-state index contributed by atoms with van der Waals surface area (Å²) in [6.45, 7) is 10.3. The van der Waals surface area contributed by atoms with Crippen LogP contribution in [0.1, 0.15) is 44.9 Å². The second kappa shape index (κ2) is 7.46. The van der Waals surface area contributed by atoms with Crippen LogP contribution in [0.15, 0.2) is 54.6 Å². The summed E-state index contributed by atoms with van der Waals surface area (Å²) in [5.74, 6) is 0.990. The SMILES string of the molecule is CC(NCCOc1ccccc1C(C)(C)C)c1ccccc1. The molecule has 0 heterocycles. The highest BCUT2D eigenvalue weighted by atomic mass is 16.5. The van der Waals surface area contributed by atoms with E-state index in [-0.39, 0.29) is 5.41 Å². The van der Waals surface area contributed by atoms with E-state index in [1.54, 1.807) is 0 Å². The van der Waals surface area contributed by atoms with Crippen molar-refractivity contribution < 1.29 is 4.74 Å². The first-order valence-corrected chi connectivity index (χ1v) is 7.99. The summed E-state index contributed by atoms with van der Waals surface area (Å²) in [5.41, 5.74) is 2.66. The molecular formula is C20H27NO. The van der Waals surface area contributed by atoms with Crippen molar-refractivity contribution in [3.8, 4) is 5.75 Å². The van der Waals surface area contributed by atoms with Crippen LogP contribution >= 0.6 is 0 Å². The van der Waals surface area contributed by atoms with E-state index in [1.165, 1.54) is 11.1 Å². The summed E-state index contributed by atoms with van der Waals surface area (Å²) < 4.78 is 5.99. The summed E-state index contributed by atoms with van der Waals surface area (Å²) in [5, 5.41) is 3.50. The second-order valence-electron chi connectivity index (χ2n) is 6.68. The van der Waals surface area contributed by atoms with Crippen molar-refractivity contribution in [3.05, 3.63) is 65.7 Å². The minimum absolute atomic E-state index is 0.0986. The Morgan fingerprint density at radius 1 is 0.955 bits per heavy atom. The largest absolute Gasteiger partial charge is 0.492 e. The molecule has 0 aliphatic heterocycles. The van der Waals surface area contributed by atoms with Gasteiger partial charge in [-0.1, -0.05) is 69.3 Å². The Morgan fingerprint density at radius 2 is 1.59 bits per heavy atom. The molecular weight excluding hydrogens is 270 g/mol. The number of hydrogen-bond acceptors (Lipinski definition) is 2. The number of hydrogen-bond donors (Lipinski definition) is 1. The minimum atomic E-state index is 0.0986. The zero-order valence-electron chi connectivity index (χ0n) is 14.1.